The number of carbonyl (C=O) groups is 1. The summed E-state index contributed by atoms with van der Waals surface area (Å²) in [7, 11) is 3.10. The molecule has 0 saturated heterocycles. The maximum absolute atomic E-state index is 11.8. The van der Waals surface area contributed by atoms with Gasteiger partial charge in [-0.15, -0.1) is 0 Å². The van der Waals surface area contributed by atoms with Crippen LogP contribution in [0.2, 0.25) is 5.02 Å². The molecule has 0 radical (unpaired) electrons. The van der Waals surface area contributed by atoms with Gasteiger partial charge in [0.15, 0.2) is 11.5 Å². The number of benzene rings is 2. The number of aromatic nitrogens is 1. The van der Waals surface area contributed by atoms with Crippen molar-refractivity contribution in [2.24, 2.45) is 0 Å². The van der Waals surface area contributed by atoms with Crippen LogP contribution in [0, 0.1) is 6.92 Å². The molecule has 0 aliphatic heterocycles. The smallest absolute Gasteiger partial charge is 0.336 e. The number of fused-ring (bicyclic) bond motifs is 1. The molecule has 1 aromatic heterocycles. The number of ether oxygens (including phenoxy) is 2. The van der Waals surface area contributed by atoms with Crippen molar-refractivity contribution in [2.75, 3.05) is 14.2 Å². The number of halogens is 1. The number of pyridine rings is 1. The Hall–Kier alpha value is -2.79. The number of carboxylic acid groups (broad SMARTS) is 1. The van der Waals surface area contributed by atoms with Crippen molar-refractivity contribution in [3.05, 3.63) is 52.5 Å². The summed E-state index contributed by atoms with van der Waals surface area (Å²) in [5.41, 5.74) is 2.78. The van der Waals surface area contributed by atoms with Crippen molar-refractivity contribution in [1.29, 1.82) is 0 Å². The molecule has 25 heavy (non-hydrogen) atoms. The number of rotatable bonds is 4. The summed E-state index contributed by atoms with van der Waals surface area (Å²) in [5.74, 6) is 0.0768. The maximum Gasteiger partial charge on any atom is 0.336 e. The van der Waals surface area contributed by atoms with Gasteiger partial charge >= 0.3 is 5.97 Å². The zero-order valence-corrected chi connectivity index (χ0v) is 14.7. The number of hydrogen-bond donors (Lipinski definition) is 1. The van der Waals surface area contributed by atoms with Gasteiger partial charge in [0, 0.05) is 10.9 Å². The van der Waals surface area contributed by atoms with Crippen LogP contribution in [0.1, 0.15) is 15.9 Å². The molecule has 128 valence electrons. The van der Waals surface area contributed by atoms with Crippen LogP contribution in [0.25, 0.3) is 22.2 Å². The molecular weight excluding hydrogens is 342 g/mol. The van der Waals surface area contributed by atoms with Crippen LogP contribution < -0.4 is 9.47 Å². The summed E-state index contributed by atoms with van der Waals surface area (Å²) < 4.78 is 10.6. The summed E-state index contributed by atoms with van der Waals surface area (Å²) >= 11 is 6.22. The third-order valence-electron chi connectivity index (χ3n) is 4.02. The lowest BCUT2D eigenvalue weighted by Crippen LogP contribution is -2.02. The number of hydrogen-bond acceptors (Lipinski definition) is 4. The van der Waals surface area contributed by atoms with Gasteiger partial charge in [0.25, 0.3) is 0 Å². The first-order chi connectivity index (χ1) is 12.0. The fraction of sp³-hybridized carbons (Fsp3) is 0.158. The minimum Gasteiger partial charge on any atom is -0.493 e. The van der Waals surface area contributed by atoms with Crippen molar-refractivity contribution in [2.45, 2.75) is 6.92 Å². The first kappa shape index (κ1) is 17.0. The molecule has 3 aromatic rings. The fourth-order valence-corrected chi connectivity index (χ4v) is 3.00. The largest absolute Gasteiger partial charge is 0.493 e. The SMILES string of the molecule is COc1ccc(-c2cc(C(=O)O)c3c(Cl)ccc(C)c3n2)cc1OC. The van der Waals surface area contributed by atoms with E-state index in [9.17, 15) is 9.90 Å². The Labute approximate surface area is 149 Å². The van der Waals surface area contributed by atoms with E-state index in [1.54, 1.807) is 38.5 Å². The van der Waals surface area contributed by atoms with Crippen LogP contribution in [0.5, 0.6) is 11.5 Å². The summed E-state index contributed by atoms with van der Waals surface area (Å²) in [6, 6.07) is 10.4. The lowest BCUT2D eigenvalue weighted by atomic mass is 10.0. The van der Waals surface area contributed by atoms with Gasteiger partial charge in [-0.2, -0.15) is 0 Å². The topological polar surface area (TPSA) is 68.7 Å². The minimum absolute atomic E-state index is 0.114. The zero-order chi connectivity index (χ0) is 18.1. The third kappa shape index (κ3) is 2.98. The van der Waals surface area contributed by atoms with Gasteiger partial charge in [0.2, 0.25) is 0 Å². The van der Waals surface area contributed by atoms with Crippen LogP contribution in [0.3, 0.4) is 0 Å². The molecule has 3 rings (SSSR count). The quantitative estimate of drug-likeness (QED) is 0.740. The average Bonchev–Trinajstić information content (AvgIpc) is 2.63. The summed E-state index contributed by atoms with van der Waals surface area (Å²) in [4.78, 5) is 16.4. The van der Waals surface area contributed by atoms with Gasteiger partial charge < -0.3 is 14.6 Å². The number of nitrogens with zero attached hydrogens (tertiary/aromatic N) is 1. The van der Waals surface area contributed by atoms with E-state index in [1.807, 2.05) is 13.0 Å². The summed E-state index contributed by atoms with van der Waals surface area (Å²) in [5, 5.41) is 10.4. The highest BCUT2D eigenvalue weighted by Crippen LogP contribution is 2.35. The maximum atomic E-state index is 11.8. The van der Waals surface area contributed by atoms with E-state index in [0.717, 1.165) is 11.1 Å². The Kier molecular flexibility index (Phi) is 4.51. The van der Waals surface area contributed by atoms with Crippen molar-refractivity contribution >= 4 is 28.5 Å². The summed E-state index contributed by atoms with van der Waals surface area (Å²) in [6.07, 6.45) is 0. The Morgan fingerprint density at radius 3 is 2.44 bits per heavy atom. The molecule has 0 amide bonds. The molecule has 0 aliphatic rings. The number of carboxylic acids is 1. The standard InChI is InChI=1S/C19H16ClNO4/c1-10-4-6-13(20)17-12(19(22)23)9-14(21-18(10)17)11-5-7-15(24-2)16(8-11)25-3/h4-9H,1-3H3,(H,22,23). The van der Waals surface area contributed by atoms with Crippen molar-refractivity contribution in [3.63, 3.8) is 0 Å². The molecule has 2 aromatic carbocycles. The molecule has 6 heteroatoms. The van der Waals surface area contributed by atoms with E-state index >= 15 is 0 Å². The van der Waals surface area contributed by atoms with E-state index in [2.05, 4.69) is 4.98 Å². The van der Waals surface area contributed by atoms with E-state index in [-0.39, 0.29) is 5.56 Å². The van der Waals surface area contributed by atoms with Gasteiger partial charge in [0.1, 0.15) is 0 Å². The average molecular weight is 358 g/mol. The van der Waals surface area contributed by atoms with Crippen LogP contribution in [0.15, 0.2) is 36.4 Å². The van der Waals surface area contributed by atoms with Gasteiger partial charge in [-0.3, -0.25) is 0 Å². The molecule has 1 N–H and O–H groups in total. The zero-order valence-electron chi connectivity index (χ0n) is 14.0. The van der Waals surface area contributed by atoms with Crippen LogP contribution in [0.4, 0.5) is 0 Å². The molecule has 0 atom stereocenters. The van der Waals surface area contributed by atoms with Gasteiger partial charge in [-0.05, 0) is 42.8 Å². The Bertz CT molecular complexity index is 985. The van der Waals surface area contributed by atoms with E-state index in [4.69, 9.17) is 21.1 Å². The Morgan fingerprint density at radius 1 is 1.08 bits per heavy atom. The van der Waals surface area contributed by atoms with Gasteiger partial charge in [-0.25, -0.2) is 9.78 Å². The Balaban J connectivity index is 2.31. The normalized spacial score (nSPS) is 10.7. The van der Waals surface area contributed by atoms with E-state index in [1.165, 1.54) is 6.07 Å². The molecule has 1 heterocycles. The highest BCUT2D eigenvalue weighted by molar-refractivity contribution is 6.36. The lowest BCUT2D eigenvalue weighted by molar-refractivity contribution is 0.0699. The van der Waals surface area contributed by atoms with Gasteiger partial charge in [-0.1, -0.05) is 17.7 Å². The minimum atomic E-state index is -1.05. The van der Waals surface area contributed by atoms with Crippen molar-refractivity contribution in [1.82, 2.24) is 4.98 Å². The number of aryl methyl sites for hydroxylation is 1. The third-order valence-corrected chi connectivity index (χ3v) is 4.34. The first-order valence-electron chi connectivity index (χ1n) is 7.51. The molecular formula is C19H16ClNO4. The predicted octanol–water partition coefficient (Wildman–Crippen LogP) is 4.58. The van der Waals surface area contributed by atoms with Gasteiger partial charge in [0.05, 0.1) is 36.0 Å². The highest BCUT2D eigenvalue weighted by Gasteiger charge is 2.17. The number of aromatic carboxylic acids is 1. The second-order valence-corrected chi connectivity index (χ2v) is 5.93. The second-order valence-electron chi connectivity index (χ2n) is 5.52. The fourth-order valence-electron chi connectivity index (χ4n) is 2.74. The van der Waals surface area contributed by atoms with Crippen LogP contribution in [-0.4, -0.2) is 30.3 Å². The molecule has 0 spiro atoms. The molecule has 0 aliphatic carbocycles. The highest BCUT2D eigenvalue weighted by atomic mass is 35.5. The van der Waals surface area contributed by atoms with E-state index in [0.29, 0.717) is 33.1 Å². The summed E-state index contributed by atoms with van der Waals surface area (Å²) in [6.45, 7) is 1.87. The van der Waals surface area contributed by atoms with Crippen molar-refractivity contribution < 1.29 is 19.4 Å². The second kappa shape index (κ2) is 6.61. The molecule has 0 saturated carbocycles. The van der Waals surface area contributed by atoms with Crippen molar-refractivity contribution in [3.8, 4) is 22.8 Å². The molecule has 5 nitrogen and oxygen atoms in total. The Morgan fingerprint density at radius 2 is 1.80 bits per heavy atom. The monoisotopic (exact) mass is 357 g/mol. The van der Waals surface area contributed by atoms with E-state index < -0.39 is 5.97 Å². The molecule has 0 fully saturated rings. The molecule has 0 bridgehead atoms. The number of methoxy groups -OCH3 is 2. The lowest BCUT2D eigenvalue weighted by Gasteiger charge is -2.12. The van der Waals surface area contributed by atoms with Crippen LogP contribution in [-0.2, 0) is 0 Å². The first-order valence-corrected chi connectivity index (χ1v) is 7.89. The van der Waals surface area contributed by atoms with Crippen LogP contribution >= 0.6 is 11.6 Å². The predicted molar refractivity (Wildman–Crippen MR) is 97.0 cm³/mol. The molecule has 0 unspecified atom stereocenters.